The van der Waals surface area contributed by atoms with E-state index in [-0.39, 0.29) is 18.2 Å². The molecule has 0 saturated carbocycles. The minimum Gasteiger partial charge on any atom is -0.459 e. The molecule has 1 aliphatic heterocycles. The number of benzene rings is 1. The molecule has 0 unspecified atom stereocenters. The van der Waals surface area contributed by atoms with Gasteiger partial charge in [-0.25, -0.2) is 14.4 Å². The largest absolute Gasteiger partial charge is 0.459 e. The SMILES string of the molecule is CC(C)(C)OC(=O)[C@@H](N)CNC(=O)c1ccc(N2CCC(Nc3ncccn3)CC2)c(F)c1. The van der Waals surface area contributed by atoms with Crippen LogP contribution in [-0.4, -0.2) is 59.2 Å². The smallest absolute Gasteiger partial charge is 0.325 e. The third kappa shape index (κ3) is 7.11. The predicted molar refractivity (Wildman–Crippen MR) is 123 cm³/mol. The first-order valence-electron chi connectivity index (χ1n) is 11.0. The van der Waals surface area contributed by atoms with Crippen LogP contribution in [0.2, 0.25) is 0 Å². The first-order chi connectivity index (χ1) is 15.6. The van der Waals surface area contributed by atoms with Crippen LogP contribution in [0.25, 0.3) is 0 Å². The lowest BCUT2D eigenvalue weighted by atomic mass is 10.0. The molecule has 1 aromatic heterocycles. The van der Waals surface area contributed by atoms with Crippen LogP contribution in [0.15, 0.2) is 36.7 Å². The molecule has 0 bridgehead atoms. The molecule has 9 nitrogen and oxygen atoms in total. The van der Waals surface area contributed by atoms with Crippen LogP contribution >= 0.6 is 0 Å². The first kappa shape index (κ1) is 24.4. The quantitative estimate of drug-likeness (QED) is 0.539. The minimum absolute atomic E-state index is 0.108. The van der Waals surface area contributed by atoms with Gasteiger partial charge in [0, 0.05) is 43.6 Å². The van der Waals surface area contributed by atoms with Crippen LogP contribution < -0.4 is 21.3 Å². The number of ether oxygens (including phenoxy) is 1. The summed E-state index contributed by atoms with van der Waals surface area (Å²) in [6.07, 6.45) is 4.98. The highest BCUT2D eigenvalue weighted by Gasteiger charge is 2.24. The number of nitrogens with zero attached hydrogens (tertiary/aromatic N) is 3. The van der Waals surface area contributed by atoms with Gasteiger partial charge in [0.05, 0.1) is 5.69 Å². The molecular formula is C23H31FN6O3. The summed E-state index contributed by atoms with van der Waals surface area (Å²) in [6.45, 7) is 6.42. The Labute approximate surface area is 192 Å². The van der Waals surface area contributed by atoms with Gasteiger partial charge < -0.3 is 26.0 Å². The van der Waals surface area contributed by atoms with Crippen LogP contribution in [-0.2, 0) is 9.53 Å². The lowest BCUT2D eigenvalue weighted by molar-refractivity contribution is -0.156. The van der Waals surface area contributed by atoms with Gasteiger partial charge in [-0.05, 0) is 57.9 Å². The van der Waals surface area contributed by atoms with E-state index in [0.29, 0.717) is 24.7 Å². The number of hydrogen-bond donors (Lipinski definition) is 3. The Bertz CT molecular complexity index is 958. The van der Waals surface area contributed by atoms with E-state index in [1.165, 1.54) is 6.07 Å². The van der Waals surface area contributed by atoms with Crippen LogP contribution in [0, 0.1) is 5.82 Å². The number of halogens is 1. The van der Waals surface area contributed by atoms with Crippen molar-refractivity contribution < 1.29 is 18.7 Å². The monoisotopic (exact) mass is 458 g/mol. The predicted octanol–water partition coefficient (Wildman–Crippen LogP) is 2.10. The van der Waals surface area contributed by atoms with E-state index >= 15 is 0 Å². The zero-order valence-electron chi connectivity index (χ0n) is 19.2. The van der Waals surface area contributed by atoms with E-state index in [1.807, 2.05) is 4.90 Å². The van der Waals surface area contributed by atoms with Crippen molar-refractivity contribution in [2.45, 2.75) is 51.3 Å². The van der Waals surface area contributed by atoms with E-state index in [2.05, 4.69) is 20.6 Å². The number of piperidine rings is 1. The fourth-order valence-corrected chi connectivity index (χ4v) is 3.49. The maximum atomic E-state index is 14.8. The number of nitrogens with two attached hydrogens (primary N) is 1. The molecule has 0 spiro atoms. The zero-order chi connectivity index (χ0) is 24.0. The summed E-state index contributed by atoms with van der Waals surface area (Å²) in [5, 5.41) is 5.85. The topological polar surface area (TPSA) is 122 Å². The maximum Gasteiger partial charge on any atom is 0.325 e. The van der Waals surface area contributed by atoms with E-state index in [1.54, 1.807) is 51.4 Å². The number of carbonyl (C=O) groups excluding carboxylic acids is 2. The average molecular weight is 459 g/mol. The molecule has 4 N–H and O–H groups in total. The van der Waals surface area contributed by atoms with Gasteiger partial charge in [0.2, 0.25) is 5.95 Å². The number of nitrogens with one attached hydrogen (secondary N) is 2. The highest BCUT2D eigenvalue weighted by molar-refractivity contribution is 5.95. The van der Waals surface area contributed by atoms with E-state index in [9.17, 15) is 14.0 Å². The van der Waals surface area contributed by atoms with E-state index < -0.39 is 29.3 Å². The Morgan fingerprint density at radius 2 is 1.91 bits per heavy atom. The van der Waals surface area contributed by atoms with Gasteiger partial charge in [0.25, 0.3) is 5.91 Å². The summed E-state index contributed by atoms with van der Waals surface area (Å²) in [6, 6.07) is 5.34. The fourth-order valence-electron chi connectivity index (χ4n) is 3.49. The van der Waals surface area contributed by atoms with Crippen molar-refractivity contribution in [3.63, 3.8) is 0 Å². The van der Waals surface area contributed by atoms with Crippen molar-refractivity contribution in [1.29, 1.82) is 0 Å². The Morgan fingerprint density at radius 3 is 2.52 bits per heavy atom. The second kappa shape index (κ2) is 10.6. The summed E-state index contributed by atoms with van der Waals surface area (Å²) >= 11 is 0. The molecule has 0 aliphatic carbocycles. The lowest BCUT2D eigenvalue weighted by Crippen LogP contribution is -2.45. The lowest BCUT2D eigenvalue weighted by Gasteiger charge is -2.34. The van der Waals surface area contributed by atoms with Crippen molar-refractivity contribution in [3.05, 3.63) is 48.0 Å². The molecule has 1 fully saturated rings. The number of rotatable bonds is 7. The second-order valence-electron chi connectivity index (χ2n) is 8.99. The van der Waals surface area contributed by atoms with Gasteiger partial charge >= 0.3 is 5.97 Å². The maximum absolute atomic E-state index is 14.8. The minimum atomic E-state index is -1.01. The molecule has 1 aromatic carbocycles. The van der Waals surface area contributed by atoms with Gasteiger partial charge in [-0.15, -0.1) is 0 Å². The van der Waals surface area contributed by atoms with Crippen LogP contribution in [0.3, 0.4) is 0 Å². The second-order valence-corrected chi connectivity index (χ2v) is 8.99. The molecule has 1 saturated heterocycles. The number of esters is 1. The average Bonchev–Trinajstić information content (AvgIpc) is 2.77. The van der Waals surface area contributed by atoms with Gasteiger partial charge in [-0.1, -0.05) is 0 Å². The van der Waals surface area contributed by atoms with Gasteiger partial charge in [-0.2, -0.15) is 0 Å². The van der Waals surface area contributed by atoms with Crippen LogP contribution in [0.4, 0.5) is 16.0 Å². The van der Waals surface area contributed by atoms with Crippen LogP contribution in [0.5, 0.6) is 0 Å². The standard InChI is InChI=1S/C23H31FN6O3/c1-23(2,3)33-21(32)18(25)14-28-20(31)15-5-6-19(17(24)13-15)30-11-7-16(8-12-30)29-22-26-9-4-10-27-22/h4-6,9-10,13,16,18H,7-8,11-12,14,25H2,1-3H3,(H,28,31)(H,26,27,29)/t18-/m0/s1. The Kier molecular flexibility index (Phi) is 7.80. The molecule has 3 rings (SSSR count). The van der Waals surface area contributed by atoms with Crippen molar-refractivity contribution in [1.82, 2.24) is 15.3 Å². The van der Waals surface area contributed by atoms with E-state index in [0.717, 1.165) is 12.8 Å². The molecule has 10 heteroatoms. The summed E-state index contributed by atoms with van der Waals surface area (Å²) in [5.74, 6) is -1.01. The Balaban J connectivity index is 1.51. The Morgan fingerprint density at radius 1 is 1.24 bits per heavy atom. The van der Waals surface area contributed by atoms with Gasteiger partial charge in [-0.3, -0.25) is 9.59 Å². The number of amides is 1. The molecule has 1 amide bonds. The zero-order valence-corrected chi connectivity index (χ0v) is 19.2. The highest BCUT2D eigenvalue weighted by Crippen LogP contribution is 2.25. The Hall–Kier alpha value is -3.27. The number of hydrogen-bond acceptors (Lipinski definition) is 8. The molecule has 178 valence electrons. The first-order valence-corrected chi connectivity index (χ1v) is 11.0. The number of anilines is 2. The van der Waals surface area contributed by atoms with Crippen molar-refractivity contribution in [3.8, 4) is 0 Å². The molecule has 0 radical (unpaired) electrons. The van der Waals surface area contributed by atoms with Crippen molar-refractivity contribution in [2.24, 2.45) is 5.73 Å². The number of aromatic nitrogens is 2. The van der Waals surface area contributed by atoms with Crippen molar-refractivity contribution >= 4 is 23.5 Å². The van der Waals surface area contributed by atoms with Gasteiger partial charge in [0.1, 0.15) is 17.5 Å². The summed E-state index contributed by atoms with van der Waals surface area (Å²) in [7, 11) is 0. The third-order valence-electron chi connectivity index (χ3n) is 5.14. The molecular weight excluding hydrogens is 427 g/mol. The summed E-state index contributed by atoms with van der Waals surface area (Å²) < 4.78 is 20.0. The summed E-state index contributed by atoms with van der Waals surface area (Å²) in [4.78, 5) is 34.6. The molecule has 1 aliphatic rings. The molecule has 2 heterocycles. The fraction of sp³-hybridized carbons (Fsp3) is 0.478. The van der Waals surface area contributed by atoms with Crippen molar-refractivity contribution in [2.75, 3.05) is 29.9 Å². The number of carbonyl (C=O) groups is 2. The van der Waals surface area contributed by atoms with Gasteiger partial charge in [0.15, 0.2) is 0 Å². The van der Waals surface area contributed by atoms with Crippen LogP contribution in [0.1, 0.15) is 44.0 Å². The molecule has 2 aromatic rings. The molecule has 1 atom stereocenters. The summed E-state index contributed by atoms with van der Waals surface area (Å²) in [5.41, 5.74) is 5.72. The third-order valence-corrected chi connectivity index (χ3v) is 5.14. The highest BCUT2D eigenvalue weighted by atomic mass is 19.1. The normalized spacial score (nSPS) is 15.6. The molecule has 33 heavy (non-hydrogen) atoms. The van der Waals surface area contributed by atoms with E-state index in [4.69, 9.17) is 10.5 Å².